The molecule has 0 radical (unpaired) electrons. The van der Waals surface area contributed by atoms with Crippen molar-refractivity contribution >= 4 is 50.7 Å². The van der Waals surface area contributed by atoms with Crippen LogP contribution in [-0.2, 0) is 26.2 Å². The van der Waals surface area contributed by atoms with Crippen molar-refractivity contribution in [2.24, 2.45) is 0 Å². The number of aryl methyl sites for hydroxylation is 1. The van der Waals surface area contributed by atoms with Gasteiger partial charge in [-0.25, -0.2) is 8.42 Å². The summed E-state index contributed by atoms with van der Waals surface area (Å²) in [5.74, 6) is -0.424. The molecule has 1 unspecified atom stereocenters. The summed E-state index contributed by atoms with van der Waals surface area (Å²) in [5.41, 5.74) is 1.74. The van der Waals surface area contributed by atoms with E-state index in [1.165, 1.54) is 44.4 Å². The minimum atomic E-state index is -4.29. The van der Waals surface area contributed by atoms with E-state index in [0.29, 0.717) is 21.4 Å². The first-order valence-electron chi connectivity index (χ1n) is 12.7. The molecular formula is C29H33Cl2N3O6S. The number of ether oxygens (including phenoxy) is 2. The fourth-order valence-corrected chi connectivity index (χ4v) is 6.16. The van der Waals surface area contributed by atoms with E-state index >= 15 is 0 Å². The van der Waals surface area contributed by atoms with Crippen LogP contribution in [0.4, 0.5) is 5.69 Å². The molecule has 2 amide bonds. The normalized spacial score (nSPS) is 11.9. The number of carbonyl (C=O) groups is 2. The van der Waals surface area contributed by atoms with E-state index in [4.69, 9.17) is 32.7 Å². The van der Waals surface area contributed by atoms with Gasteiger partial charge in [-0.3, -0.25) is 13.9 Å². The molecule has 3 aromatic rings. The zero-order chi connectivity index (χ0) is 30.3. The Morgan fingerprint density at radius 3 is 2.17 bits per heavy atom. The monoisotopic (exact) mass is 621 g/mol. The largest absolute Gasteiger partial charge is 0.493 e. The van der Waals surface area contributed by atoms with Crippen LogP contribution in [0.25, 0.3) is 0 Å². The lowest BCUT2D eigenvalue weighted by molar-refractivity contribution is -0.140. The third-order valence-corrected chi connectivity index (χ3v) is 8.89. The maximum absolute atomic E-state index is 14.1. The molecule has 9 nitrogen and oxygen atoms in total. The second-order valence-corrected chi connectivity index (χ2v) is 11.9. The van der Waals surface area contributed by atoms with Gasteiger partial charge in [-0.15, -0.1) is 0 Å². The Hall–Kier alpha value is -3.47. The van der Waals surface area contributed by atoms with Gasteiger partial charge in [0.1, 0.15) is 12.6 Å². The average molecular weight is 623 g/mol. The summed E-state index contributed by atoms with van der Waals surface area (Å²) in [7, 11) is 0.0311. The second kappa shape index (κ2) is 13.9. The van der Waals surface area contributed by atoms with Crippen LogP contribution in [0.15, 0.2) is 65.6 Å². The number of rotatable bonds is 12. The smallest absolute Gasteiger partial charge is 0.264 e. The first-order chi connectivity index (χ1) is 19.5. The highest BCUT2D eigenvalue weighted by Crippen LogP contribution is 2.33. The van der Waals surface area contributed by atoms with Gasteiger partial charge in [0, 0.05) is 29.7 Å². The maximum Gasteiger partial charge on any atom is 0.264 e. The number of methoxy groups -OCH3 is 2. The summed E-state index contributed by atoms with van der Waals surface area (Å²) >= 11 is 12.5. The molecule has 0 aliphatic carbocycles. The van der Waals surface area contributed by atoms with Crippen LogP contribution in [0.2, 0.25) is 10.0 Å². The minimum absolute atomic E-state index is 0.0428. The van der Waals surface area contributed by atoms with Gasteiger partial charge >= 0.3 is 0 Å². The van der Waals surface area contributed by atoms with Crippen molar-refractivity contribution in [1.29, 1.82) is 0 Å². The van der Waals surface area contributed by atoms with Gasteiger partial charge in [-0.05, 0) is 55.3 Å². The molecule has 0 heterocycles. The van der Waals surface area contributed by atoms with E-state index in [1.807, 2.05) is 6.92 Å². The number of anilines is 1. The maximum atomic E-state index is 14.1. The van der Waals surface area contributed by atoms with Gasteiger partial charge in [-0.1, -0.05) is 53.9 Å². The number of nitrogens with one attached hydrogen (secondary N) is 1. The molecule has 0 spiro atoms. The highest BCUT2D eigenvalue weighted by molar-refractivity contribution is 7.92. The third-order valence-electron chi connectivity index (χ3n) is 6.53. The predicted molar refractivity (Wildman–Crippen MR) is 160 cm³/mol. The Kier molecular flexibility index (Phi) is 10.9. The van der Waals surface area contributed by atoms with Crippen molar-refractivity contribution < 1.29 is 27.5 Å². The van der Waals surface area contributed by atoms with Gasteiger partial charge in [0.05, 0.1) is 24.8 Å². The Labute approximate surface area is 251 Å². The Balaban J connectivity index is 2.11. The average Bonchev–Trinajstić information content (AvgIpc) is 2.96. The molecule has 3 rings (SSSR count). The molecule has 0 saturated heterocycles. The van der Waals surface area contributed by atoms with Crippen molar-refractivity contribution in [2.75, 3.05) is 32.1 Å². The van der Waals surface area contributed by atoms with Crippen LogP contribution in [0.3, 0.4) is 0 Å². The summed E-state index contributed by atoms with van der Waals surface area (Å²) in [6.45, 7) is 3.01. The van der Waals surface area contributed by atoms with E-state index in [2.05, 4.69) is 5.32 Å². The number of benzene rings is 3. The van der Waals surface area contributed by atoms with E-state index < -0.39 is 34.4 Å². The molecule has 220 valence electrons. The Bertz CT molecular complexity index is 1500. The lowest BCUT2D eigenvalue weighted by Crippen LogP contribution is -2.51. The second-order valence-electron chi connectivity index (χ2n) is 9.16. The predicted octanol–water partition coefficient (Wildman–Crippen LogP) is 5.07. The summed E-state index contributed by atoms with van der Waals surface area (Å²) in [4.78, 5) is 28.1. The molecular weight excluding hydrogens is 589 g/mol. The third kappa shape index (κ3) is 7.44. The lowest BCUT2D eigenvalue weighted by Gasteiger charge is -2.33. The van der Waals surface area contributed by atoms with E-state index in [0.717, 1.165) is 9.87 Å². The highest BCUT2D eigenvalue weighted by Gasteiger charge is 2.34. The van der Waals surface area contributed by atoms with Crippen molar-refractivity contribution in [3.8, 4) is 11.5 Å². The molecule has 0 bridgehead atoms. The number of nitrogens with zero attached hydrogens (tertiary/aromatic N) is 2. The Morgan fingerprint density at radius 2 is 1.61 bits per heavy atom. The molecule has 0 aliphatic rings. The number of carbonyl (C=O) groups excluding carboxylic acids is 2. The van der Waals surface area contributed by atoms with E-state index in [9.17, 15) is 18.0 Å². The van der Waals surface area contributed by atoms with E-state index in [1.54, 1.807) is 49.4 Å². The molecule has 1 N–H and O–H groups in total. The molecule has 1 atom stereocenters. The van der Waals surface area contributed by atoms with Crippen molar-refractivity contribution in [2.45, 2.75) is 37.8 Å². The summed E-state index contributed by atoms with van der Waals surface area (Å²) < 4.78 is 39.7. The zero-order valence-corrected chi connectivity index (χ0v) is 25.8. The van der Waals surface area contributed by atoms with Crippen LogP contribution in [0.1, 0.15) is 24.5 Å². The first-order valence-corrected chi connectivity index (χ1v) is 14.9. The van der Waals surface area contributed by atoms with Crippen molar-refractivity contribution in [3.05, 3.63) is 81.8 Å². The molecule has 0 aliphatic heterocycles. The summed E-state index contributed by atoms with van der Waals surface area (Å²) in [6, 6.07) is 14.9. The summed E-state index contributed by atoms with van der Waals surface area (Å²) in [5, 5.41) is 3.32. The quantitative estimate of drug-likeness (QED) is 0.303. The summed E-state index contributed by atoms with van der Waals surface area (Å²) in [6.07, 6.45) is 0.281. The fraction of sp³-hybridized carbons (Fsp3) is 0.310. The molecule has 3 aromatic carbocycles. The minimum Gasteiger partial charge on any atom is -0.493 e. The highest BCUT2D eigenvalue weighted by atomic mass is 35.5. The van der Waals surface area contributed by atoms with Crippen molar-refractivity contribution in [3.63, 3.8) is 0 Å². The number of hydrogen-bond acceptors (Lipinski definition) is 6. The number of sulfonamides is 1. The number of likely N-dealkylation sites (N-methyl/N-ethyl adjacent to an activating group) is 1. The zero-order valence-electron chi connectivity index (χ0n) is 23.5. The molecule has 0 saturated carbocycles. The van der Waals surface area contributed by atoms with Crippen LogP contribution < -0.4 is 19.1 Å². The van der Waals surface area contributed by atoms with Crippen molar-refractivity contribution in [1.82, 2.24) is 10.2 Å². The van der Waals surface area contributed by atoms with Gasteiger partial charge in [0.15, 0.2) is 11.5 Å². The number of hydrogen-bond donors (Lipinski definition) is 1. The van der Waals surface area contributed by atoms with E-state index in [-0.39, 0.29) is 29.3 Å². The van der Waals surface area contributed by atoms with Crippen LogP contribution in [0.5, 0.6) is 11.5 Å². The standard InChI is InChI=1S/C29H33Cl2N3O6S/c1-6-25(29(36)32-3)33(17-20-9-10-21(30)15-24(20)31)28(35)18-34(22-11-7-19(2)8-12-22)41(37,38)23-13-14-26(39-4)27(16-23)40-5/h7-16,25H,6,17-18H2,1-5H3,(H,32,36). The Morgan fingerprint density at radius 1 is 0.951 bits per heavy atom. The lowest BCUT2D eigenvalue weighted by atomic mass is 10.1. The number of halogens is 2. The molecule has 0 aromatic heterocycles. The van der Waals surface area contributed by atoms with Gasteiger partial charge < -0.3 is 19.7 Å². The van der Waals surface area contributed by atoms with Crippen LogP contribution in [-0.4, -0.2) is 59.0 Å². The molecule has 41 heavy (non-hydrogen) atoms. The van der Waals surface area contributed by atoms with Crippen LogP contribution in [0, 0.1) is 6.92 Å². The molecule has 0 fully saturated rings. The molecule has 12 heteroatoms. The van der Waals surface area contributed by atoms with Gasteiger partial charge in [-0.2, -0.15) is 0 Å². The fourth-order valence-electron chi connectivity index (χ4n) is 4.26. The van der Waals surface area contributed by atoms with Crippen LogP contribution >= 0.6 is 23.2 Å². The first kappa shape index (κ1) is 32.0. The topological polar surface area (TPSA) is 105 Å². The number of amides is 2. The van der Waals surface area contributed by atoms with Gasteiger partial charge in [0.2, 0.25) is 11.8 Å². The van der Waals surface area contributed by atoms with Gasteiger partial charge in [0.25, 0.3) is 10.0 Å². The SMILES string of the molecule is CCC(C(=O)NC)N(Cc1ccc(Cl)cc1Cl)C(=O)CN(c1ccc(C)cc1)S(=O)(=O)c1ccc(OC)c(OC)c1.